The summed E-state index contributed by atoms with van der Waals surface area (Å²) in [4.78, 5) is 19.8. The molecule has 0 radical (unpaired) electrons. The number of hydrogen-bond donors (Lipinski definition) is 2. The Labute approximate surface area is 141 Å². The number of nitrogens with zero attached hydrogens (tertiary/aromatic N) is 1. The fourth-order valence-corrected chi connectivity index (χ4v) is 2.67. The van der Waals surface area contributed by atoms with Crippen LogP contribution in [0.25, 0.3) is 11.0 Å². The molecule has 0 atom stereocenters. The molecule has 2 N–H and O–H groups in total. The number of methoxy groups -OCH3 is 1. The molecule has 0 saturated carbocycles. The van der Waals surface area contributed by atoms with E-state index in [1.54, 1.807) is 7.11 Å². The summed E-state index contributed by atoms with van der Waals surface area (Å²) in [6, 6.07) is 13.7. The molecule has 0 aliphatic rings. The van der Waals surface area contributed by atoms with Gasteiger partial charge in [-0.3, -0.25) is 4.79 Å². The standard InChI is InChI=1S/C19H21N3O2/c1-13-7-8-14(11-17(13)24-2)12-19(23)20-10-9-18-21-15-5-3-4-6-16(15)22-18/h3-8,11H,9-10,12H2,1-2H3,(H,20,23)(H,21,22). The molecule has 0 aliphatic carbocycles. The molecule has 3 aromatic rings. The Hall–Kier alpha value is -2.82. The van der Waals surface area contributed by atoms with Crippen LogP contribution in [0, 0.1) is 6.92 Å². The third kappa shape index (κ3) is 3.74. The molecule has 0 aliphatic heterocycles. The highest BCUT2D eigenvalue weighted by Crippen LogP contribution is 2.19. The number of ether oxygens (including phenoxy) is 1. The van der Waals surface area contributed by atoms with Crippen LogP contribution in [0.2, 0.25) is 0 Å². The molecule has 5 nitrogen and oxygen atoms in total. The van der Waals surface area contributed by atoms with Crippen molar-refractivity contribution in [1.82, 2.24) is 15.3 Å². The lowest BCUT2D eigenvalue weighted by Crippen LogP contribution is -2.27. The zero-order chi connectivity index (χ0) is 16.9. The molecule has 1 amide bonds. The number of rotatable bonds is 6. The maximum absolute atomic E-state index is 12.1. The number of nitrogens with one attached hydrogen (secondary N) is 2. The molecule has 0 fully saturated rings. The Morgan fingerprint density at radius 1 is 1.25 bits per heavy atom. The number of aromatic nitrogens is 2. The summed E-state index contributed by atoms with van der Waals surface area (Å²) in [5.41, 5.74) is 3.97. The molecular weight excluding hydrogens is 302 g/mol. The molecule has 3 rings (SSSR count). The number of aromatic amines is 1. The first kappa shape index (κ1) is 16.1. The van der Waals surface area contributed by atoms with E-state index in [1.165, 1.54) is 0 Å². The summed E-state index contributed by atoms with van der Waals surface area (Å²) < 4.78 is 5.29. The van der Waals surface area contributed by atoms with Crippen molar-refractivity contribution in [2.45, 2.75) is 19.8 Å². The van der Waals surface area contributed by atoms with E-state index in [0.717, 1.165) is 33.7 Å². The predicted molar refractivity (Wildman–Crippen MR) is 94.2 cm³/mol. The van der Waals surface area contributed by atoms with Crippen LogP contribution in [0.5, 0.6) is 5.75 Å². The van der Waals surface area contributed by atoms with Crippen molar-refractivity contribution in [3.8, 4) is 5.75 Å². The molecule has 124 valence electrons. The van der Waals surface area contributed by atoms with E-state index in [4.69, 9.17) is 4.74 Å². The highest BCUT2D eigenvalue weighted by Gasteiger charge is 2.07. The molecule has 1 aromatic heterocycles. The molecule has 0 spiro atoms. The number of amides is 1. The Bertz CT molecular complexity index is 822. The van der Waals surface area contributed by atoms with E-state index >= 15 is 0 Å². The number of benzene rings is 2. The van der Waals surface area contributed by atoms with Crippen molar-refractivity contribution >= 4 is 16.9 Å². The zero-order valence-electron chi connectivity index (χ0n) is 13.9. The predicted octanol–water partition coefficient (Wildman–Crippen LogP) is 2.78. The maximum atomic E-state index is 12.1. The lowest BCUT2D eigenvalue weighted by atomic mass is 10.1. The van der Waals surface area contributed by atoms with Gasteiger partial charge in [0.25, 0.3) is 0 Å². The fraction of sp³-hybridized carbons (Fsp3) is 0.263. The van der Waals surface area contributed by atoms with Gasteiger partial charge in [-0.05, 0) is 36.2 Å². The monoisotopic (exact) mass is 323 g/mol. The number of carbonyl (C=O) groups excluding carboxylic acids is 1. The minimum Gasteiger partial charge on any atom is -0.496 e. The largest absolute Gasteiger partial charge is 0.496 e. The van der Waals surface area contributed by atoms with Gasteiger partial charge in [0.05, 0.1) is 24.6 Å². The van der Waals surface area contributed by atoms with Gasteiger partial charge >= 0.3 is 0 Å². The van der Waals surface area contributed by atoms with Crippen LogP contribution < -0.4 is 10.1 Å². The van der Waals surface area contributed by atoms with Gasteiger partial charge in [-0.1, -0.05) is 24.3 Å². The molecule has 24 heavy (non-hydrogen) atoms. The first-order valence-corrected chi connectivity index (χ1v) is 7.99. The van der Waals surface area contributed by atoms with Crippen molar-refractivity contribution in [1.29, 1.82) is 0 Å². The average Bonchev–Trinajstić information content (AvgIpc) is 2.99. The van der Waals surface area contributed by atoms with Crippen LogP contribution in [0.1, 0.15) is 17.0 Å². The highest BCUT2D eigenvalue weighted by molar-refractivity contribution is 5.78. The van der Waals surface area contributed by atoms with Crippen molar-refractivity contribution in [3.05, 3.63) is 59.4 Å². The first-order valence-electron chi connectivity index (χ1n) is 7.99. The Kier molecular flexibility index (Phi) is 4.79. The molecule has 0 saturated heterocycles. The third-order valence-electron chi connectivity index (χ3n) is 3.96. The van der Waals surface area contributed by atoms with Gasteiger partial charge in [-0.2, -0.15) is 0 Å². The number of hydrogen-bond acceptors (Lipinski definition) is 3. The van der Waals surface area contributed by atoms with Crippen molar-refractivity contribution in [2.75, 3.05) is 13.7 Å². The summed E-state index contributed by atoms with van der Waals surface area (Å²) in [7, 11) is 1.64. The lowest BCUT2D eigenvalue weighted by Gasteiger charge is -2.08. The van der Waals surface area contributed by atoms with E-state index in [-0.39, 0.29) is 5.91 Å². The molecule has 2 aromatic carbocycles. The number of H-pyrrole nitrogens is 1. The number of imidazole rings is 1. The number of fused-ring (bicyclic) bond motifs is 1. The van der Waals surface area contributed by atoms with Gasteiger partial charge in [0, 0.05) is 13.0 Å². The minimum absolute atomic E-state index is 0.00276. The summed E-state index contributed by atoms with van der Waals surface area (Å²) >= 11 is 0. The highest BCUT2D eigenvalue weighted by atomic mass is 16.5. The maximum Gasteiger partial charge on any atom is 0.224 e. The van der Waals surface area contributed by atoms with Crippen LogP contribution in [0.3, 0.4) is 0 Å². The SMILES string of the molecule is COc1cc(CC(=O)NCCc2nc3ccccc3[nH]2)ccc1C. The average molecular weight is 323 g/mol. The molecule has 0 unspecified atom stereocenters. The van der Waals surface area contributed by atoms with E-state index in [9.17, 15) is 4.79 Å². The molecule has 1 heterocycles. The first-order chi connectivity index (χ1) is 11.7. The molecule has 5 heteroatoms. The summed E-state index contributed by atoms with van der Waals surface area (Å²) in [5, 5.41) is 2.94. The summed E-state index contributed by atoms with van der Waals surface area (Å²) in [6.45, 7) is 2.54. The van der Waals surface area contributed by atoms with Crippen LogP contribution in [0.4, 0.5) is 0 Å². The van der Waals surface area contributed by atoms with Crippen molar-refractivity contribution < 1.29 is 9.53 Å². The van der Waals surface area contributed by atoms with Crippen molar-refractivity contribution in [3.63, 3.8) is 0 Å². The van der Waals surface area contributed by atoms with Gasteiger partial charge in [-0.15, -0.1) is 0 Å². The minimum atomic E-state index is -0.00276. The van der Waals surface area contributed by atoms with Gasteiger partial charge in [0.2, 0.25) is 5.91 Å². The lowest BCUT2D eigenvalue weighted by molar-refractivity contribution is -0.120. The van der Waals surface area contributed by atoms with Crippen LogP contribution in [-0.4, -0.2) is 29.5 Å². The Balaban J connectivity index is 1.52. The fourth-order valence-electron chi connectivity index (χ4n) is 2.67. The second-order valence-corrected chi connectivity index (χ2v) is 5.78. The van der Waals surface area contributed by atoms with E-state index in [1.807, 2.05) is 49.4 Å². The molecule has 0 bridgehead atoms. The summed E-state index contributed by atoms with van der Waals surface area (Å²) in [5.74, 6) is 1.69. The van der Waals surface area contributed by atoms with E-state index in [0.29, 0.717) is 19.4 Å². The molecular formula is C19H21N3O2. The van der Waals surface area contributed by atoms with Gasteiger partial charge in [0.15, 0.2) is 0 Å². The number of carbonyl (C=O) groups is 1. The van der Waals surface area contributed by atoms with Gasteiger partial charge in [-0.25, -0.2) is 4.98 Å². The number of para-hydroxylation sites is 2. The van der Waals surface area contributed by atoms with Crippen LogP contribution >= 0.6 is 0 Å². The Morgan fingerprint density at radius 3 is 2.88 bits per heavy atom. The summed E-state index contributed by atoms with van der Waals surface area (Å²) in [6.07, 6.45) is 1.02. The third-order valence-corrected chi connectivity index (χ3v) is 3.96. The van der Waals surface area contributed by atoms with E-state index < -0.39 is 0 Å². The van der Waals surface area contributed by atoms with Crippen LogP contribution in [-0.2, 0) is 17.6 Å². The van der Waals surface area contributed by atoms with E-state index in [2.05, 4.69) is 15.3 Å². The van der Waals surface area contributed by atoms with Crippen molar-refractivity contribution in [2.24, 2.45) is 0 Å². The quantitative estimate of drug-likeness (QED) is 0.733. The number of aryl methyl sites for hydroxylation is 1. The topological polar surface area (TPSA) is 67.0 Å². The Morgan fingerprint density at radius 2 is 2.08 bits per heavy atom. The smallest absolute Gasteiger partial charge is 0.224 e. The van der Waals surface area contributed by atoms with Gasteiger partial charge in [0.1, 0.15) is 11.6 Å². The second-order valence-electron chi connectivity index (χ2n) is 5.78. The van der Waals surface area contributed by atoms with Gasteiger partial charge < -0.3 is 15.0 Å². The normalized spacial score (nSPS) is 10.8. The van der Waals surface area contributed by atoms with Crippen LogP contribution in [0.15, 0.2) is 42.5 Å². The zero-order valence-corrected chi connectivity index (χ0v) is 13.9. The second kappa shape index (κ2) is 7.17.